The average Bonchev–Trinajstić information content (AvgIpc) is 2.69. The van der Waals surface area contributed by atoms with Crippen molar-refractivity contribution in [1.29, 1.82) is 0 Å². The van der Waals surface area contributed by atoms with Crippen molar-refractivity contribution in [2.45, 2.75) is 19.9 Å². The summed E-state index contributed by atoms with van der Waals surface area (Å²) in [6.45, 7) is 3.00. The fourth-order valence-corrected chi connectivity index (χ4v) is 2.70. The molecule has 0 saturated carbocycles. The standard InChI is InChI=1S/C19H19Cl2N3O4/c1-11-14(20)6-5-7-15(11)22-23-18(12(2)25)19(26)24(21)16-10-13(27-3)8-9-17(16)28-4/h5-10,18H,1-4H3. The highest BCUT2D eigenvalue weighted by Gasteiger charge is 2.30. The molecule has 0 N–H and O–H groups in total. The van der Waals surface area contributed by atoms with E-state index in [4.69, 9.17) is 32.9 Å². The molecule has 1 atom stereocenters. The van der Waals surface area contributed by atoms with Gasteiger partial charge in [-0.25, -0.2) is 4.42 Å². The Balaban J connectivity index is 2.36. The van der Waals surface area contributed by atoms with Crippen LogP contribution in [0.5, 0.6) is 11.5 Å². The number of azo groups is 1. The molecule has 28 heavy (non-hydrogen) atoms. The monoisotopic (exact) mass is 423 g/mol. The Labute approximate surface area is 173 Å². The molecule has 1 amide bonds. The maximum Gasteiger partial charge on any atom is 0.276 e. The Bertz CT molecular complexity index is 918. The second kappa shape index (κ2) is 9.52. The highest BCUT2D eigenvalue weighted by Crippen LogP contribution is 2.34. The number of benzene rings is 2. The van der Waals surface area contributed by atoms with Gasteiger partial charge in [-0.3, -0.25) is 9.59 Å². The number of halogens is 2. The zero-order chi connectivity index (χ0) is 20.8. The molecular weight excluding hydrogens is 405 g/mol. The maximum absolute atomic E-state index is 12.8. The number of rotatable bonds is 7. The van der Waals surface area contributed by atoms with E-state index in [1.807, 2.05) is 0 Å². The molecule has 7 nitrogen and oxygen atoms in total. The second-order valence-electron chi connectivity index (χ2n) is 5.77. The predicted octanol–water partition coefficient (Wildman–Crippen LogP) is 4.89. The molecule has 0 fully saturated rings. The molecule has 0 bridgehead atoms. The van der Waals surface area contributed by atoms with Gasteiger partial charge in [0.15, 0.2) is 5.78 Å². The quantitative estimate of drug-likeness (QED) is 0.360. The maximum atomic E-state index is 12.8. The van der Waals surface area contributed by atoms with Gasteiger partial charge in [0.1, 0.15) is 17.2 Å². The topological polar surface area (TPSA) is 80.6 Å². The van der Waals surface area contributed by atoms with Crippen LogP contribution in [0.1, 0.15) is 12.5 Å². The fourth-order valence-electron chi connectivity index (χ4n) is 2.31. The molecule has 0 spiro atoms. The summed E-state index contributed by atoms with van der Waals surface area (Å²) in [5.74, 6) is -0.496. The van der Waals surface area contributed by atoms with E-state index in [-0.39, 0.29) is 5.69 Å². The van der Waals surface area contributed by atoms with Crippen LogP contribution in [-0.4, -0.2) is 32.0 Å². The molecule has 0 heterocycles. The van der Waals surface area contributed by atoms with Crippen LogP contribution in [0.2, 0.25) is 5.02 Å². The van der Waals surface area contributed by atoms with E-state index in [9.17, 15) is 9.59 Å². The molecule has 0 aliphatic carbocycles. The van der Waals surface area contributed by atoms with Crippen LogP contribution in [0.25, 0.3) is 0 Å². The number of hydrogen-bond donors (Lipinski definition) is 0. The Morgan fingerprint density at radius 1 is 1.14 bits per heavy atom. The summed E-state index contributed by atoms with van der Waals surface area (Å²) in [6.07, 6.45) is 0. The SMILES string of the molecule is COc1ccc(OC)c(N(Cl)C(=O)C(N=Nc2cccc(Cl)c2C)C(C)=O)c1. The zero-order valence-corrected chi connectivity index (χ0v) is 17.3. The van der Waals surface area contributed by atoms with E-state index in [1.165, 1.54) is 27.2 Å². The van der Waals surface area contributed by atoms with E-state index in [0.29, 0.717) is 27.8 Å². The number of carbonyl (C=O) groups is 2. The van der Waals surface area contributed by atoms with E-state index in [2.05, 4.69) is 10.2 Å². The molecule has 9 heteroatoms. The number of nitrogens with zero attached hydrogens (tertiary/aromatic N) is 3. The van der Waals surface area contributed by atoms with Gasteiger partial charge in [0.2, 0.25) is 6.04 Å². The molecule has 148 valence electrons. The van der Waals surface area contributed by atoms with Gasteiger partial charge in [0.25, 0.3) is 5.91 Å². The van der Waals surface area contributed by atoms with Crippen molar-refractivity contribution >= 4 is 46.4 Å². The summed E-state index contributed by atoms with van der Waals surface area (Å²) in [4.78, 5) is 24.9. The lowest BCUT2D eigenvalue weighted by molar-refractivity contribution is -0.126. The van der Waals surface area contributed by atoms with Gasteiger partial charge in [-0.1, -0.05) is 17.7 Å². The van der Waals surface area contributed by atoms with Crippen LogP contribution in [0.3, 0.4) is 0 Å². The van der Waals surface area contributed by atoms with Crippen LogP contribution < -0.4 is 13.9 Å². The molecule has 0 saturated heterocycles. The van der Waals surface area contributed by atoms with Gasteiger partial charge in [-0.05, 0) is 43.7 Å². The van der Waals surface area contributed by atoms with Gasteiger partial charge in [0, 0.05) is 22.9 Å². The number of carbonyl (C=O) groups excluding carboxylic acids is 2. The summed E-state index contributed by atoms with van der Waals surface area (Å²) >= 11 is 12.3. The van der Waals surface area contributed by atoms with E-state index in [1.54, 1.807) is 37.3 Å². The van der Waals surface area contributed by atoms with Gasteiger partial charge in [0.05, 0.1) is 19.9 Å². The molecule has 2 rings (SSSR count). The van der Waals surface area contributed by atoms with Crippen LogP contribution in [0.4, 0.5) is 11.4 Å². The molecule has 0 radical (unpaired) electrons. The van der Waals surface area contributed by atoms with Crippen LogP contribution in [0, 0.1) is 6.92 Å². The molecule has 0 aliphatic heterocycles. The van der Waals surface area contributed by atoms with E-state index < -0.39 is 17.7 Å². The highest BCUT2D eigenvalue weighted by molar-refractivity contribution is 6.39. The Kier molecular flexibility index (Phi) is 7.37. The number of hydrogen-bond acceptors (Lipinski definition) is 6. The minimum atomic E-state index is -1.42. The van der Waals surface area contributed by atoms with Gasteiger partial charge in [-0.2, -0.15) is 10.2 Å². The van der Waals surface area contributed by atoms with Crippen molar-refractivity contribution in [3.8, 4) is 11.5 Å². The third kappa shape index (κ3) is 4.79. The molecule has 2 aromatic rings. The first-order chi connectivity index (χ1) is 13.3. The third-order valence-electron chi connectivity index (χ3n) is 3.93. The van der Waals surface area contributed by atoms with E-state index in [0.717, 1.165) is 4.42 Å². The van der Waals surface area contributed by atoms with Crippen LogP contribution in [-0.2, 0) is 9.59 Å². The number of methoxy groups -OCH3 is 2. The number of anilines is 1. The van der Waals surface area contributed by atoms with Crippen molar-refractivity contribution in [3.05, 3.63) is 47.0 Å². The van der Waals surface area contributed by atoms with Gasteiger partial charge < -0.3 is 9.47 Å². The number of ether oxygens (including phenoxy) is 2. The van der Waals surface area contributed by atoms with Gasteiger partial charge in [-0.15, -0.1) is 0 Å². The minimum Gasteiger partial charge on any atom is -0.497 e. The van der Waals surface area contributed by atoms with Crippen molar-refractivity contribution in [3.63, 3.8) is 0 Å². The third-order valence-corrected chi connectivity index (χ3v) is 4.69. The predicted molar refractivity (Wildman–Crippen MR) is 108 cm³/mol. The van der Waals surface area contributed by atoms with E-state index >= 15 is 0 Å². The molecule has 1 unspecified atom stereocenters. The Morgan fingerprint density at radius 3 is 2.46 bits per heavy atom. The normalized spacial score (nSPS) is 11.9. The first-order valence-electron chi connectivity index (χ1n) is 8.18. The first kappa shape index (κ1) is 21.7. The molecule has 0 aliphatic rings. The van der Waals surface area contributed by atoms with Crippen LogP contribution >= 0.6 is 23.4 Å². The lowest BCUT2D eigenvalue weighted by Gasteiger charge is -2.19. The number of ketones is 1. The molecule has 0 aromatic heterocycles. The summed E-state index contributed by atoms with van der Waals surface area (Å²) in [5.41, 5.74) is 1.35. The largest absolute Gasteiger partial charge is 0.497 e. The second-order valence-corrected chi connectivity index (χ2v) is 6.51. The summed E-state index contributed by atoms with van der Waals surface area (Å²) in [6, 6.07) is 8.42. The highest BCUT2D eigenvalue weighted by atomic mass is 35.5. The fraction of sp³-hybridized carbons (Fsp3) is 0.263. The molecular formula is C19H19Cl2N3O4. The smallest absolute Gasteiger partial charge is 0.276 e. The van der Waals surface area contributed by atoms with Crippen molar-refractivity contribution in [2.24, 2.45) is 10.2 Å². The number of Topliss-reactive ketones (excluding diaryl/α,β-unsaturated/α-hetero) is 1. The summed E-state index contributed by atoms with van der Waals surface area (Å²) in [7, 11) is 2.91. The summed E-state index contributed by atoms with van der Waals surface area (Å²) in [5, 5.41) is 8.43. The minimum absolute atomic E-state index is 0.217. The Morgan fingerprint density at radius 2 is 1.86 bits per heavy atom. The van der Waals surface area contributed by atoms with Gasteiger partial charge >= 0.3 is 0 Å². The zero-order valence-electron chi connectivity index (χ0n) is 15.8. The van der Waals surface area contributed by atoms with Crippen LogP contribution in [0.15, 0.2) is 46.6 Å². The lowest BCUT2D eigenvalue weighted by atomic mass is 10.2. The summed E-state index contributed by atoms with van der Waals surface area (Å²) < 4.78 is 11.2. The first-order valence-corrected chi connectivity index (χ1v) is 8.90. The Hall–Kier alpha value is -2.64. The van der Waals surface area contributed by atoms with Crippen molar-refractivity contribution in [2.75, 3.05) is 18.6 Å². The average molecular weight is 424 g/mol. The molecule has 2 aromatic carbocycles. The number of amides is 1. The van der Waals surface area contributed by atoms with Crippen molar-refractivity contribution in [1.82, 2.24) is 0 Å². The lowest BCUT2D eigenvalue weighted by Crippen LogP contribution is -2.36. The van der Waals surface area contributed by atoms with Crippen molar-refractivity contribution < 1.29 is 19.1 Å².